The standard InChI is InChI=1S/C11H20OSi/c1-10(12-13(2,3)4)11-8-6-5-7-9-11/h8H,1,5-7,9H2,2-4H3. The van der Waals surface area contributed by atoms with Gasteiger partial charge in [-0.1, -0.05) is 12.7 Å². The summed E-state index contributed by atoms with van der Waals surface area (Å²) in [5.41, 5.74) is 1.34. The molecule has 74 valence electrons. The maximum Gasteiger partial charge on any atom is 0.242 e. The Hall–Kier alpha value is -0.503. The van der Waals surface area contributed by atoms with Crippen LogP contribution in [-0.4, -0.2) is 8.32 Å². The Morgan fingerprint density at radius 3 is 2.54 bits per heavy atom. The molecule has 0 atom stereocenters. The van der Waals surface area contributed by atoms with Gasteiger partial charge < -0.3 is 4.43 Å². The lowest BCUT2D eigenvalue weighted by atomic mass is 9.99. The van der Waals surface area contributed by atoms with Crippen LogP contribution >= 0.6 is 0 Å². The molecule has 0 aliphatic heterocycles. The molecule has 2 heteroatoms. The van der Waals surface area contributed by atoms with E-state index in [4.69, 9.17) is 4.43 Å². The average Bonchev–Trinajstić information content (AvgIpc) is 2.03. The predicted octanol–water partition coefficient (Wildman–Crippen LogP) is 3.85. The van der Waals surface area contributed by atoms with Gasteiger partial charge in [0, 0.05) is 0 Å². The van der Waals surface area contributed by atoms with Crippen molar-refractivity contribution >= 4 is 8.32 Å². The molecular formula is C11H20OSi. The summed E-state index contributed by atoms with van der Waals surface area (Å²) in [4.78, 5) is 0. The van der Waals surface area contributed by atoms with Gasteiger partial charge in [0.2, 0.25) is 8.32 Å². The third kappa shape index (κ3) is 3.81. The van der Waals surface area contributed by atoms with E-state index in [2.05, 4.69) is 32.3 Å². The van der Waals surface area contributed by atoms with E-state index in [0.717, 1.165) is 12.2 Å². The zero-order valence-corrected chi connectivity index (χ0v) is 10.0. The molecule has 0 unspecified atom stereocenters. The van der Waals surface area contributed by atoms with E-state index < -0.39 is 8.32 Å². The number of allylic oxidation sites excluding steroid dienone is 2. The fourth-order valence-electron chi connectivity index (χ4n) is 1.53. The average molecular weight is 196 g/mol. The van der Waals surface area contributed by atoms with Gasteiger partial charge in [-0.05, 0) is 50.9 Å². The molecule has 0 saturated heterocycles. The molecule has 1 rings (SSSR count). The van der Waals surface area contributed by atoms with Crippen molar-refractivity contribution in [2.45, 2.75) is 45.3 Å². The summed E-state index contributed by atoms with van der Waals surface area (Å²) < 4.78 is 5.85. The zero-order valence-electron chi connectivity index (χ0n) is 9.02. The monoisotopic (exact) mass is 196 g/mol. The highest BCUT2D eigenvalue weighted by Crippen LogP contribution is 2.25. The van der Waals surface area contributed by atoms with Crippen LogP contribution in [0, 0.1) is 0 Å². The van der Waals surface area contributed by atoms with Gasteiger partial charge in [-0.3, -0.25) is 0 Å². The normalized spacial score (nSPS) is 17.9. The molecule has 13 heavy (non-hydrogen) atoms. The molecule has 0 bridgehead atoms. The van der Waals surface area contributed by atoms with Gasteiger partial charge in [0.15, 0.2) is 0 Å². The van der Waals surface area contributed by atoms with Crippen molar-refractivity contribution in [2.24, 2.45) is 0 Å². The van der Waals surface area contributed by atoms with Crippen LogP contribution in [-0.2, 0) is 4.43 Å². The summed E-state index contributed by atoms with van der Waals surface area (Å²) in [6, 6.07) is 0. The Kier molecular flexibility index (Phi) is 3.37. The number of hydrogen-bond acceptors (Lipinski definition) is 1. The smallest absolute Gasteiger partial charge is 0.242 e. The molecule has 0 aromatic rings. The van der Waals surface area contributed by atoms with Crippen LogP contribution in [0.5, 0.6) is 0 Å². The Labute approximate surface area is 82.6 Å². The molecule has 0 fully saturated rings. The van der Waals surface area contributed by atoms with Gasteiger partial charge >= 0.3 is 0 Å². The minimum atomic E-state index is -1.44. The second kappa shape index (κ2) is 4.14. The Balaban J connectivity index is 2.52. The number of hydrogen-bond donors (Lipinski definition) is 0. The molecule has 1 aliphatic carbocycles. The van der Waals surface area contributed by atoms with E-state index in [9.17, 15) is 0 Å². The largest absolute Gasteiger partial charge is 0.545 e. The lowest BCUT2D eigenvalue weighted by Gasteiger charge is -2.24. The molecule has 0 aromatic carbocycles. The fourth-order valence-corrected chi connectivity index (χ4v) is 2.40. The van der Waals surface area contributed by atoms with Crippen molar-refractivity contribution in [1.29, 1.82) is 0 Å². The van der Waals surface area contributed by atoms with Gasteiger partial charge in [0.1, 0.15) is 0 Å². The van der Waals surface area contributed by atoms with E-state index in [1.807, 2.05) is 0 Å². The first-order valence-electron chi connectivity index (χ1n) is 5.06. The van der Waals surface area contributed by atoms with Gasteiger partial charge in [0.25, 0.3) is 0 Å². The Bertz CT molecular complexity index is 223. The highest BCUT2D eigenvalue weighted by Gasteiger charge is 2.18. The minimum Gasteiger partial charge on any atom is -0.545 e. The van der Waals surface area contributed by atoms with Crippen LogP contribution < -0.4 is 0 Å². The van der Waals surface area contributed by atoms with E-state index in [1.165, 1.54) is 24.8 Å². The number of rotatable bonds is 3. The summed E-state index contributed by atoms with van der Waals surface area (Å²) in [6.45, 7) is 10.6. The third-order valence-corrected chi connectivity index (χ3v) is 2.94. The van der Waals surface area contributed by atoms with Crippen LogP contribution in [0.15, 0.2) is 24.0 Å². The van der Waals surface area contributed by atoms with Gasteiger partial charge in [0.05, 0.1) is 5.76 Å². The molecule has 0 N–H and O–H groups in total. The van der Waals surface area contributed by atoms with Crippen LogP contribution in [0.2, 0.25) is 19.6 Å². The lowest BCUT2D eigenvalue weighted by molar-refractivity contribution is 0.426. The van der Waals surface area contributed by atoms with Gasteiger partial charge in [-0.25, -0.2) is 0 Å². The lowest BCUT2D eigenvalue weighted by Crippen LogP contribution is -2.25. The molecule has 1 nitrogen and oxygen atoms in total. The minimum absolute atomic E-state index is 0.930. The van der Waals surface area contributed by atoms with Crippen molar-refractivity contribution in [1.82, 2.24) is 0 Å². The summed E-state index contributed by atoms with van der Waals surface area (Å²) in [6.07, 6.45) is 7.25. The molecule has 1 aliphatic rings. The first-order valence-corrected chi connectivity index (χ1v) is 8.47. The first kappa shape index (κ1) is 10.6. The van der Waals surface area contributed by atoms with Crippen molar-refractivity contribution in [3.63, 3.8) is 0 Å². The van der Waals surface area contributed by atoms with Gasteiger partial charge in [-0.2, -0.15) is 0 Å². The molecule has 0 amide bonds. The summed E-state index contributed by atoms with van der Waals surface area (Å²) >= 11 is 0. The third-order valence-electron chi connectivity index (χ3n) is 2.08. The van der Waals surface area contributed by atoms with Crippen LogP contribution in [0.4, 0.5) is 0 Å². The Morgan fingerprint density at radius 2 is 2.08 bits per heavy atom. The zero-order chi connectivity index (χ0) is 9.90. The quantitative estimate of drug-likeness (QED) is 0.492. The fraction of sp³-hybridized carbons (Fsp3) is 0.636. The van der Waals surface area contributed by atoms with Crippen LogP contribution in [0.1, 0.15) is 25.7 Å². The molecule has 0 aromatic heterocycles. The van der Waals surface area contributed by atoms with E-state index >= 15 is 0 Å². The van der Waals surface area contributed by atoms with Crippen molar-refractivity contribution in [3.05, 3.63) is 24.0 Å². The van der Waals surface area contributed by atoms with Crippen LogP contribution in [0.25, 0.3) is 0 Å². The van der Waals surface area contributed by atoms with E-state index in [0.29, 0.717) is 0 Å². The topological polar surface area (TPSA) is 9.23 Å². The molecule has 0 saturated carbocycles. The molecular weight excluding hydrogens is 176 g/mol. The molecule has 0 spiro atoms. The summed E-state index contributed by atoms with van der Waals surface area (Å²) in [5, 5.41) is 0. The van der Waals surface area contributed by atoms with Crippen molar-refractivity contribution < 1.29 is 4.43 Å². The second-order valence-electron chi connectivity index (χ2n) is 4.61. The summed E-state index contributed by atoms with van der Waals surface area (Å²) in [7, 11) is -1.44. The van der Waals surface area contributed by atoms with Crippen LogP contribution in [0.3, 0.4) is 0 Å². The maximum absolute atomic E-state index is 5.85. The van der Waals surface area contributed by atoms with Crippen molar-refractivity contribution in [2.75, 3.05) is 0 Å². The first-order chi connectivity index (χ1) is 5.99. The van der Waals surface area contributed by atoms with E-state index in [-0.39, 0.29) is 0 Å². The van der Waals surface area contributed by atoms with Gasteiger partial charge in [-0.15, -0.1) is 0 Å². The molecule has 0 heterocycles. The van der Waals surface area contributed by atoms with E-state index in [1.54, 1.807) is 0 Å². The Morgan fingerprint density at radius 1 is 1.38 bits per heavy atom. The predicted molar refractivity (Wildman–Crippen MR) is 60.1 cm³/mol. The molecule has 0 radical (unpaired) electrons. The highest BCUT2D eigenvalue weighted by molar-refractivity contribution is 6.70. The SMILES string of the molecule is C=C(O[Si](C)(C)C)C1=CCCCC1. The van der Waals surface area contributed by atoms with Crippen molar-refractivity contribution in [3.8, 4) is 0 Å². The highest BCUT2D eigenvalue weighted by atomic mass is 28.4. The summed E-state index contributed by atoms with van der Waals surface area (Å²) in [5.74, 6) is 0.930. The maximum atomic E-state index is 5.85. The second-order valence-corrected chi connectivity index (χ2v) is 9.04.